The largest absolute Gasteiger partial charge is 0.346 e. The van der Waals surface area contributed by atoms with E-state index < -0.39 is 0 Å². The Morgan fingerprint density at radius 3 is 3.04 bits per heavy atom. The van der Waals surface area contributed by atoms with Gasteiger partial charge in [0.15, 0.2) is 0 Å². The summed E-state index contributed by atoms with van der Waals surface area (Å²) in [5.74, 6) is 2.91. The Kier molecular flexibility index (Phi) is 2.96. The van der Waals surface area contributed by atoms with Gasteiger partial charge in [0.05, 0.1) is 17.8 Å². The number of imidazole rings is 1. The van der Waals surface area contributed by atoms with Gasteiger partial charge in [-0.2, -0.15) is 0 Å². The number of nitrogens with one attached hydrogen (secondary N) is 3. The van der Waals surface area contributed by atoms with Gasteiger partial charge in [-0.15, -0.1) is 0 Å². The number of carbonyl (C=O) groups is 1. The molecule has 0 saturated heterocycles. The molecule has 3 heterocycles. The predicted octanol–water partition coefficient (Wildman–Crippen LogP) is 3.05. The molecule has 4 atom stereocenters. The molecule has 4 unspecified atom stereocenters. The van der Waals surface area contributed by atoms with Gasteiger partial charge in [-0.05, 0) is 43.1 Å². The number of H-pyrrole nitrogens is 2. The van der Waals surface area contributed by atoms with Crippen LogP contribution < -0.4 is 5.32 Å². The predicted molar refractivity (Wildman–Crippen MR) is 91.2 cm³/mol. The summed E-state index contributed by atoms with van der Waals surface area (Å²) in [6, 6.07) is 1.98. The molecule has 2 fully saturated rings. The first-order valence-corrected chi connectivity index (χ1v) is 8.78. The van der Waals surface area contributed by atoms with Crippen molar-refractivity contribution in [1.29, 1.82) is 0 Å². The van der Waals surface area contributed by atoms with Crippen molar-refractivity contribution in [2.45, 2.75) is 38.6 Å². The van der Waals surface area contributed by atoms with E-state index in [1.807, 2.05) is 12.3 Å². The van der Waals surface area contributed by atoms with Crippen LogP contribution in [0.5, 0.6) is 0 Å². The van der Waals surface area contributed by atoms with Crippen LogP contribution in [0.3, 0.4) is 0 Å². The van der Waals surface area contributed by atoms with Gasteiger partial charge in [-0.25, -0.2) is 9.97 Å². The number of carbonyl (C=O) groups excluding carboxylic acids is 1. The zero-order valence-electron chi connectivity index (χ0n) is 13.7. The van der Waals surface area contributed by atoms with Gasteiger partial charge in [0, 0.05) is 18.5 Å². The first-order valence-electron chi connectivity index (χ1n) is 8.78. The molecule has 2 aliphatic carbocycles. The SMILES string of the molecule is CC(=O)NC(c1nc2cnc3[nH]ccc3c2[nH]1)C1CC2CCC1C2. The van der Waals surface area contributed by atoms with E-state index in [-0.39, 0.29) is 11.9 Å². The second-order valence-corrected chi connectivity index (χ2v) is 7.40. The third-order valence-corrected chi connectivity index (χ3v) is 5.93. The highest BCUT2D eigenvalue weighted by atomic mass is 16.1. The first kappa shape index (κ1) is 14.0. The van der Waals surface area contributed by atoms with Gasteiger partial charge in [0.25, 0.3) is 0 Å². The molecule has 6 nitrogen and oxygen atoms in total. The Balaban J connectivity index is 1.59. The first-order chi connectivity index (χ1) is 11.7. The molecule has 2 aliphatic rings. The summed E-state index contributed by atoms with van der Waals surface area (Å²) in [5, 5.41) is 4.21. The molecule has 0 aromatic carbocycles. The summed E-state index contributed by atoms with van der Waals surface area (Å²) in [7, 11) is 0. The van der Waals surface area contributed by atoms with Crippen LogP contribution in [0.2, 0.25) is 0 Å². The molecule has 2 saturated carbocycles. The van der Waals surface area contributed by atoms with E-state index in [9.17, 15) is 4.79 Å². The molecular weight excluding hydrogens is 302 g/mol. The summed E-state index contributed by atoms with van der Waals surface area (Å²) in [5.41, 5.74) is 2.71. The molecule has 6 heteroatoms. The van der Waals surface area contributed by atoms with Gasteiger partial charge in [0.1, 0.15) is 17.0 Å². The lowest BCUT2D eigenvalue weighted by molar-refractivity contribution is -0.120. The molecular formula is C18H21N5O. The summed E-state index contributed by atoms with van der Waals surface area (Å²) < 4.78 is 0. The minimum atomic E-state index is -0.0285. The molecule has 3 aromatic rings. The van der Waals surface area contributed by atoms with Crippen LogP contribution in [0.25, 0.3) is 22.1 Å². The van der Waals surface area contributed by atoms with E-state index in [4.69, 9.17) is 4.98 Å². The molecule has 0 radical (unpaired) electrons. The summed E-state index contributed by atoms with van der Waals surface area (Å²) >= 11 is 0. The van der Waals surface area contributed by atoms with Crippen LogP contribution >= 0.6 is 0 Å². The van der Waals surface area contributed by atoms with Gasteiger partial charge in [-0.3, -0.25) is 4.79 Å². The Labute approximate surface area is 139 Å². The van der Waals surface area contributed by atoms with E-state index in [1.165, 1.54) is 25.7 Å². The third kappa shape index (κ3) is 2.05. The van der Waals surface area contributed by atoms with E-state index >= 15 is 0 Å². The lowest BCUT2D eigenvalue weighted by Gasteiger charge is -2.29. The van der Waals surface area contributed by atoms with Gasteiger partial charge in [0.2, 0.25) is 5.91 Å². The maximum atomic E-state index is 11.8. The van der Waals surface area contributed by atoms with Crippen LogP contribution in [0.1, 0.15) is 44.5 Å². The van der Waals surface area contributed by atoms with Crippen molar-refractivity contribution >= 4 is 28.0 Å². The van der Waals surface area contributed by atoms with Crippen LogP contribution in [-0.4, -0.2) is 25.8 Å². The number of pyridine rings is 1. The Bertz CT molecular complexity index is 926. The van der Waals surface area contributed by atoms with E-state index in [0.29, 0.717) is 11.8 Å². The van der Waals surface area contributed by atoms with E-state index in [2.05, 4.69) is 20.3 Å². The van der Waals surface area contributed by atoms with Crippen LogP contribution in [0.15, 0.2) is 18.5 Å². The van der Waals surface area contributed by atoms with E-state index in [0.717, 1.165) is 33.8 Å². The fourth-order valence-corrected chi connectivity index (χ4v) is 4.95. The quantitative estimate of drug-likeness (QED) is 0.692. The number of rotatable bonds is 3. The maximum absolute atomic E-state index is 11.8. The van der Waals surface area contributed by atoms with Gasteiger partial charge >= 0.3 is 0 Å². The van der Waals surface area contributed by atoms with Crippen molar-refractivity contribution in [1.82, 2.24) is 25.3 Å². The Hall–Kier alpha value is -2.37. The van der Waals surface area contributed by atoms with Crippen molar-refractivity contribution < 1.29 is 4.79 Å². The molecule has 0 spiro atoms. The average Bonchev–Trinajstić information content (AvgIpc) is 3.33. The van der Waals surface area contributed by atoms with E-state index in [1.54, 1.807) is 13.1 Å². The molecule has 124 valence electrons. The summed E-state index contributed by atoms with van der Waals surface area (Å²) in [6.07, 6.45) is 8.82. The lowest BCUT2D eigenvalue weighted by Crippen LogP contribution is -2.35. The minimum absolute atomic E-state index is 0.00754. The van der Waals surface area contributed by atoms with Crippen molar-refractivity contribution in [2.24, 2.45) is 17.8 Å². The molecule has 0 aliphatic heterocycles. The fraction of sp³-hybridized carbons (Fsp3) is 0.500. The number of fused-ring (bicyclic) bond motifs is 5. The molecule has 3 N–H and O–H groups in total. The highest BCUT2D eigenvalue weighted by Crippen LogP contribution is 2.52. The fourth-order valence-electron chi connectivity index (χ4n) is 4.95. The van der Waals surface area contributed by atoms with Crippen LogP contribution in [0.4, 0.5) is 0 Å². The maximum Gasteiger partial charge on any atom is 0.217 e. The average molecular weight is 323 g/mol. The molecule has 5 rings (SSSR count). The van der Waals surface area contributed by atoms with Crippen LogP contribution in [-0.2, 0) is 4.79 Å². The molecule has 1 amide bonds. The number of amides is 1. The van der Waals surface area contributed by atoms with Crippen molar-refractivity contribution in [2.75, 3.05) is 0 Å². The third-order valence-electron chi connectivity index (χ3n) is 5.93. The normalized spacial score (nSPS) is 27.1. The highest BCUT2D eigenvalue weighted by Gasteiger charge is 2.44. The summed E-state index contributed by atoms with van der Waals surface area (Å²) in [4.78, 5) is 27.6. The minimum Gasteiger partial charge on any atom is -0.346 e. The number of aromatic amines is 2. The van der Waals surface area contributed by atoms with Crippen molar-refractivity contribution in [3.05, 3.63) is 24.3 Å². The highest BCUT2D eigenvalue weighted by molar-refractivity contribution is 6.00. The smallest absolute Gasteiger partial charge is 0.217 e. The zero-order chi connectivity index (χ0) is 16.3. The van der Waals surface area contributed by atoms with Gasteiger partial charge < -0.3 is 15.3 Å². The molecule has 24 heavy (non-hydrogen) atoms. The number of hydrogen-bond donors (Lipinski definition) is 3. The molecule has 3 aromatic heterocycles. The zero-order valence-corrected chi connectivity index (χ0v) is 13.7. The monoisotopic (exact) mass is 323 g/mol. The topological polar surface area (TPSA) is 86.5 Å². The number of aromatic nitrogens is 4. The standard InChI is InChI=1S/C18H21N5O/c1-9(24)21-16(13-7-10-2-3-11(13)6-10)18-22-14-8-20-17-12(4-5-19-17)15(14)23-18/h4-5,8,10-11,13,16H,2-3,6-7H2,1H3,(H,19,20)(H,21,24)(H,22,23). The van der Waals surface area contributed by atoms with Crippen molar-refractivity contribution in [3.8, 4) is 0 Å². The second kappa shape index (κ2) is 5.06. The lowest BCUT2D eigenvalue weighted by atomic mass is 9.83. The number of nitrogens with zero attached hydrogens (tertiary/aromatic N) is 2. The Morgan fingerprint density at radius 2 is 2.29 bits per heavy atom. The Morgan fingerprint density at radius 1 is 1.38 bits per heavy atom. The van der Waals surface area contributed by atoms with Crippen molar-refractivity contribution in [3.63, 3.8) is 0 Å². The van der Waals surface area contributed by atoms with Crippen LogP contribution in [0, 0.1) is 17.8 Å². The molecule has 2 bridgehead atoms. The summed E-state index contributed by atoms with van der Waals surface area (Å²) in [6.45, 7) is 1.59. The number of hydrogen-bond acceptors (Lipinski definition) is 3. The van der Waals surface area contributed by atoms with Gasteiger partial charge in [-0.1, -0.05) is 6.42 Å². The second-order valence-electron chi connectivity index (χ2n) is 7.40.